The van der Waals surface area contributed by atoms with E-state index >= 15 is 0 Å². The van der Waals surface area contributed by atoms with Crippen molar-refractivity contribution in [2.24, 2.45) is 0 Å². The van der Waals surface area contributed by atoms with Crippen LogP contribution in [0.1, 0.15) is 129 Å². The minimum Gasteiger partial charge on any atom is -0.295 e. The Morgan fingerprint density at radius 1 is 0.500 bits per heavy atom. The van der Waals surface area contributed by atoms with Crippen LogP contribution in [0.5, 0.6) is 0 Å². The molecular weight excluding hydrogens is 344 g/mol. The van der Waals surface area contributed by atoms with Crippen LogP contribution in [0.3, 0.4) is 0 Å². The quantitative estimate of drug-likeness (QED) is 0.146. The van der Waals surface area contributed by atoms with E-state index < -0.39 is 0 Å². The standard InChI is InChI=1S/C26H46O2/c1-3-5-7-9-11-13-17-21-25(27)23-19-15-16-20-24-26(28)22-18-14-12-10-8-6-4-2/h19-20,23-24H,3-18,21-22H2,1-2H3/b23-19+,24-20+. The zero-order valence-electron chi connectivity index (χ0n) is 18.9. The van der Waals surface area contributed by atoms with Gasteiger partial charge in [0.2, 0.25) is 0 Å². The Balaban J connectivity index is 3.50. The summed E-state index contributed by atoms with van der Waals surface area (Å²) in [5.74, 6) is 0.486. The third-order valence-electron chi connectivity index (χ3n) is 5.16. The molecular formula is C26H46O2. The molecule has 2 heteroatoms. The van der Waals surface area contributed by atoms with Gasteiger partial charge in [0.05, 0.1) is 0 Å². The minimum absolute atomic E-state index is 0.243. The molecule has 0 aliphatic heterocycles. The highest BCUT2D eigenvalue weighted by molar-refractivity contribution is 5.90. The van der Waals surface area contributed by atoms with Gasteiger partial charge >= 0.3 is 0 Å². The van der Waals surface area contributed by atoms with E-state index in [9.17, 15) is 9.59 Å². The maximum absolute atomic E-state index is 11.8. The SMILES string of the molecule is CCCCCCCCCC(=O)/C=C/CC/C=C/C(=O)CCCCCCCCC. The van der Waals surface area contributed by atoms with Crippen molar-refractivity contribution in [1.29, 1.82) is 0 Å². The van der Waals surface area contributed by atoms with Crippen LogP contribution in [0.25, 0.3) is 0 Å². The maximum atomic E-state index is 11.8. The van der Waals surface area contributed by atoms with Gasteiger partial charge in [-0.3, -0.25) is 9.59 Å². The van der Waals surface area contributed by atoms with Crippen molar-refractivity contribution in [3.63, 3.8) is 0 Å². The fourth-order valence-corrected chi connectivity index (χ4v) is 3.30. The van der Waals surface area contributed by atoms with E-state index in [1.807, 2.05) is 12.2 Å². The first-order valence-corrected chi connectivity index (χ1v) is 12.1. The first kappa shape index (κ1) is 26.8. The highest BCUT2D eigenvalue weighted by Crippen LogP contribution is 2.10. The van der Waals surface area contributed by atoms with Gasteiger partial charge in [0.25, 0.3) is 0 Å². The van der Waals surface area contributed by atoms with Gasteiger partial charge < -0.3 is 0 Å². The van der Waals surface area contributed by atoms with E-state index in [0.717, 1.165) is 25.7 Å². The van der Waals surface area contributed by atoms with Crippen LogP contribution in [0.2, 0.25) is 0 Å². The van der Waals surface area contributed by atoms with Gasteiger partial charge in [-0.25, -0.2) is 0 Å². The Morgan fingerprint density at radius 2 is 0.821 bits per heavy atom. The number of rotatable bonds is 21. The summed E-state index contributed by atoms with van der Waals surface area (Å²) < 4.78 is 0. The molecule has 0 fully saturated rings. The molecule has 2 nitrogen and oxygen atoms in total. The number of unbranched alkanes of at least 4 members (excludes halogenated alkanes) is 13. The van der Waals surface area contributed by atoms with Crippen LogP contribution in [0.4, 0.5) is 0 Å². The molecule has 0 bridgehead atoms. The van der Waals surface area contributed by atoms with E-state index in [-0.39, 0.29) is 11.6 Å². The molecule has 162 valence electrons. The summed E-state index contributed by atoms with van der Waals surface area (Å²) in [5, 5.41) is 0. The molecule has 0 atom stereocenters. The van der Waals surface area contributed by atoms with Gasteiger partial charge in [0.1, 0.15) is 0 Å². The molecule has 0 N–H and O–H groups in total. The summed E-state index contributed by atoms with van der Waals surface area (Å²) in [5.41, 5.74) is 0. The average Bonchev–Trinajstić information content (AvgIpc) is 2.69. The fraction of sp³-hybridized carbons (Fsp3) is 0.769. The monoisotopic (exact) mass is 390 g/mol. The van der Waals surface area contributed by atoms with E-state index in [2.05, 4.69) is 13.8 Å². The van der Waals surface area contributed by atoms with E-state index in [4.69, 9.17) is 0 Å². The molecule has 0 heterocycles. The zero-order valence-corrected chi connectivity index (χ0v) is 18.9. The van der Waals surface area contributed by atoms with Crippen molar-refractivity contribution in [3.8, 4) is 0 Å². The average molecular weight is 391 g/mol. The molecule has 28 heavy (non-hydrogen) atoms. The Hall–Kier alpha value is -1.18. The Bertz CT molecular complexity index is 380. The first-order valence-electron chi connectivity index (χ1n) is 12.1. The topological polar surface area (TPSA) is 34.1 Å². The molecule has 0 unspecified atom stereocenters. The molecule has 0 rings (SSSR count). The van der Waals surface area contributed by atoms with Crippen molar-refractivity contribution >= 4 is 11.6 Å². The maximum Gasteiger partial charge on any atom is 0.155 e. The second kappa shape index (κ2) is 22.1. The molecule has 0 aromatic carbocycles. The zero-order chi connectivity index (χ0) is 20.7. The van der Waals surface area contributed by atoms with Crippen LogP contribution < -0.4 is 0 Å². The number of ketones is 2. The molecule has 0 saturated carbocycles. The predicted molar refractivity (Wildman–Crippen MR) is 123 cm³/mol. The number of allylic oxidation sites excluding steroid dienone is 4. The lowest BCUT2D eigenvalue weighted by Crippen LogP contribution is -1.93. The van der Waals surface area contributed by atoms with E-state index in [1.165, 1.54) is 77.0 Å². The molecule has 0 amide bonds. The lowest BCUT2D eigenvalue weighted by molar-refractivity contribution is -0.115. The summed E-state index contributed by atoms with van der Waals surface area (Å²) >= 11 is 0. The summed E-state index contributed by atoms with van der Waals surface area (Å²) in [7, 11) is 0. The molecule has 0 aromatic heterocycles. The second-order valence-electron chi connectivity index (χ2n) is 8.06. The van der Waals surface area contributed by atoms with Gasteiger partial charge in [-0.2, -0.15) is 0 Å². The van der Waals surface area contributed by atoms with Crippen LogP contribution in [0.15, 0.2) is 24.3 Å². The predicted octanol–water partition coefficient (Wildman–Crippen LogP) is 8.30. The molecule has 0 saturated heterocycles. The molecule has 0 radical (unpaired) electrons. The lowest BCUT2D eigenvalue weighted by Gasteiger charge is -1.99. The molecule has 0 aromatic rings. The fourth-order valence-electron chi connectivity index (χ4n) is 3.30. The lowest BCUT2D eigenvalue weighted by atomic mass is 10.1. The molecule has 0 spiro atoms. The van der Waals surface area contributed by atoms with Crippen molar-refractivity contribution in [1.82, 2.24) is 0 Å². The normalized spacial score (nSPS) is 11.6. The highest BCUT2D eigenvalue weighted by atomic mass is 16.1. The van der Waals surface area contributed by atoms with Crippen molar-refractivity contribution in [3.05, 3.63) is 24.3 Å². The van der Waals surface area contributed by atoms with E-state index in [0.29, 0.717) is 12.8 Å². The summed E-state index contributed by atoms with van der Waals surface area (Å²) in [6.07, 6.45) is 27.8. The van der Waals surface area contributed by atoms with Gasteiger partial charge in [0, 0.05) is 12.8 Å². The van der Waals surface area contributed by atoms with E-state index in [1.54, 1.807) is 12.2 Å². The number of hydrogen-bond donors (Lipinski definition) is 0. The van der Waals surface area contributed by atoms with Crippen LogP contribution in [-0.4, -0.2) is 11.6 Å². The third-order valence-corrected chi connectivity index (χ3v) is 5.16. The number of carbonyl (C=O) groups excluding carboxylic acids is 2. The summed E-state index contributed by atoms with van der Waals surface area (Å²) in [4.78, 5) is 23.6. The first-order chi connectivity index (χ1) is 13.7. The summed E-state index contributed by atoms with van der Waals surface area (Å²) in [6, 6.07) is 0. The second-order valence-corrected chi connectivity index (χ2v) is 8.06. The van der Waals surface area contributed by atoms with Crippen LogP contribution >= 0.6 is 0 Å². The third kappa shape index (κ3) is 21.1. The number of hydrogen-bond acceptors (Lipinski definition) is 2. The van der Waals surface area contributed by atoms with Crippen molar-refractivity contribution in [2.45, 2.75) is 129 Å². The van der Waals surface area contributed by atoms with Gasteiger partial charge in [-0.1, -0.05) is 103 Å². The Morgan fingerprint density at radius 3 is 1.18 bits per heavy atom. The Kier molecular flexibility index (Phi) is 21.2. The summed E-state index contributed by atoms with van der Waals surface area (Å²) in [6.45, 7) is 4.46. The largest absolute Gasteiger partial charge is 0.295 e. The highest BCUT2D eigenvalue weighted by Gasteiger charge is 1.98. The van der Waals surface area contributed by atoms with Gasteiger partial charge in [-0.05, 0) is 37.8 Å². The smallest absolute Gasteiger partial charge is 0.155 e. The number of carbonyl (C=O) groups is 2. The van der Waals surface area contributed by atoms with Gasteiger partial charge in [-0.15, -0.1) is 0 Å². The molecule has 0 aliphatic rings. The Labute approximate surface area is 175 Å². The van der Waals surface area contributed by atoms with Crippen molar-refractivity contribution < 1.29 is 9.59 Å². The van der Waals surface area contributed by atoms with Crippen molar-refractivity contribution in [2.75, 3.05) is 0 Å². The molecule has 0 aliphatic carbocycles. The minimum atomic E-state index is 0.243. The van der Waals surface area contributed by atoms with Crippen LogP contribution in [-0.2, 0) is 9.59 Å². The van der Waals surface area contributed by atoms with Gasteiger partial charge in [0.15, 0.2) is 11.6 Å². The van der Waals surface area contributed by atoms with Crippen LogP contribution in [0, 0.1) is 0 Å².